The lowest BCUT2D eigenvalue weighted by molar-refractivity contribution is 0.0461. The van der Waals surface area contributed by atoms with Gasteiger partial charge in [-0.25, -0.2) is 13.1 Å². The summed E-state index contributed by atoms with van der Waals surface area (Å²) >= 11 is 6.31. The number of hydrogen-bond acceptors (Lipinski definition) is 6. The van der Waals surface area contributed by atoms with Crippen LogP contribution in [0.1, 0.15) is 73.4 Å². The standard InChI is InChI=1S/C33H41ClN2O5S/c1-21-5-4-7-30(37)28-14-11-25(28)19-36-16-3-2-6-23-17-27(34)13-10-26(23)20-41-31-15-12-24(18-29(31)36)33(38)35-42(39,40)32(21)22-8-9-22/h4,7,10,12-13,15,17-18,21-22,25,28,30,32,37H,2-3,5-6,8-9,11,14,16,19-20H2,1H3,(H,35,38)/b7-4+/t21-,25-,28+,30-,32+/m0/s1. The van der Waals surface area contributed by atoms with Gasteiger partial charge in [0.15, 0.2) is 0 Å². The van der Waals surface area contributed by atoms with Gasteiger partial charge >= 0.3 is 0 Å². The minimum Gasteiger partial charge on any atom is -0.487 e. The highest BCUT2D eigenvalue weighted by atomic mass is 35.5. The Morgan fingerprint density at radius 3 is 2.60 bits per heavy atom. The summed E-state index contributed by atoms with van der Waals surface area (Å²) in [5.74, 6) is 0.371. The van der Waals surface area contributed by atoms with Crippen molar-refractivity contribution < 1.29 is 23.1 Å². The fraction of sp³-hybridized carbons (Fsp3) is 0.545. The molecule has 9 heteroatoms. The van der Waals surface area contributed by atoms with Crippen LogP contribution in [0.25, 0.3) is 0 Å². The van der Waals surface area contributed by atoms with Gasteiger partial charge in [-0.15, -0.1) is 0 Å². The van der Waals surface area contributed by atoms with Crippen molar-refractivity contribution in [3.8, 4) is 5.75 Å². The number of carbonyl (C=O) groups is 1. The van der Waals surface area contributed by atoms with E-state index < -0.39 is 27.3 Å². The Balaban J connectivity index is 1.38. The number of hydrogen-bond donors (Lipinski definition) is 2. The van der Waals surface area contributed by atoms with Gasteiger partial charge in [0, 0.05) is 23.7 Å². The first kappa shape index (κ1) is 29.5. The first-order chi connectivity index (χ1) is 20.2. The molecule has 0 aromatic heterocycles. The highest BCUT2D eigenvalue weighted by Crippen LogP contribution is 2.42. The molecule has 42 heavy (non-hydrogen) atoms. The topological polar surface area (TPSA) is 95.9 Å². The monoisotopic (exact) mass is 612 g/mol. The van der Waals surface area contributed by atoms with Crippen molar-refractivity contribution in [2.24, 2.45) is 23.7 Å². The number of anilines is 1. The lowest BCUT2D eigenvalue weighted by Crippen LogP contribution is -2.44. The zero-order valence-corrected chi connectivity index (χ0v) is 25.7. The average molecular weight is 613 g/mol. The van der Waals surface area contributed by atoms with Crippen LogP contribution in [0, 0.1) is 23.7 Å². The van der Waals surface area contributed by atoms with Crippen molar-refractivity contribution in [2.75, 3.05) is 18.0 Å². The molecule has 2 bridgehead atoms. The SMILES string of the molecule is C[C@H]1C/C=C/[C@H](O)[C@@H]2CC[C@H]2CN2CCCCc3cc(Cl)ccc3COc3ccc(cc32)C(=O)NS(=O)(=O)[C@H]1C1CC1. The first-order valence-corrected chi connectivity index (χ1v) is 17.3. The van der Waals surface area contributed by atoms with Crippen LogP contribution in [0.3, 0.4) is 0 Å². The van der Waals surface area contributed by atoms with Gasteiger partial charge < -0.3 is 14.7 Å². The minimum absolute atomic E-state index is 0.0487. The van der Waals surface area contributed by atoms with Gasteiger partial charge in [0.05, 0.1) is 17.0 Å². The van der Waals surface area contributed by atoms with Crippen LogP contribution in [0.4, 0.5) is 5.69 Å². The first-order valence-electron chi connectivity index (χ1n) is 15.4. The molecular formula is C33H41ClN2O5S. The Morgan fingerprint density at radius 1 is 1.02 bits per heavy atom. The summed E-state index contributed by atoms with van der Waals surface area (Å²) in [6.45, 7) is 3.78. The number of ether oxygens (including phenoxy) is 1. The van der Waals surface area contributed by atoms with E-state index in [0.29, 0.717) is 35.3 Å². The third-order valence-electron chi connectivity index (χ3n) is 9.69. The largest absolute Gasteiger partial charge is 0.487 e. The summed E-state index contributed by atoms with van der Waals surface area (Å²) in [6, 6.07) is 11.1. The van der Waals surface area contributed by atoms with Crippen LogP contribution in [0.2, 0.25) is 5.02 Å². The number of benzene rings is 2. The number of nitrogens with zero attached hydrogens (tertiary/aromatic N) is 1. The van der Waals surface area contributed by atoms with E-state index in [1.54, 1.807) is 18.2 Å². The Kier molecular flexibility index (Phi) is 8.58. The maximum atomic E-state index is 13.6. The van der Waals surface area contributed by atoms with Gasteiger partial charge in [-0.3, -0.25) is 4.79 Å². The van der Waals surface area contributed by atoms with Crippen LogP contribution < -0.4 is 14.4 Å². The smallest absolute Gasteiger partial charge is 0.264 e. The number of nitrogens with one attached hydrogen (secondary N) is 1. The van der Waals surface area contributed by atoms with Crippen LogP contribution >= 0.6 is 11.6 Å². The Hall–Kier alpha value is -2.55. The highest BCUT2D eigenvalue weighted by molar-refractivity contribution is 7.90. The molecule has 2 heterocycles. The van der Waals surface area contributed by atoms with Crippen LogP contribution in [-0.4, -0.2) is 43.9 Å². The quantitative estimate of drug-likeness (QED) is 0.390. The number of fused-ring (bicyclic) bond motifs is 3. The Bertz CT molecular complexity index is 1460. The predicted octanol–water partition coefficient (Wildman–Crippen LogP) is 5.88. The van der Waals surface area contributed by atoms with E-state index in [4.69, 9.17) is 16.3 Å². The van der Waals surface area contributed by atoms with Gasteiger partial charge in [-0.05, 0) is 116 Å². The minimum atomic E-state index is -3.91. The van der Waals surface area contributed by atoms with E-state index in [1.807, 2.05) is 37.3 Å². The lowest BCUT2D eigenvalue weighted by Gasteiger charge is -2.42. The van der Waals surface area contributed by atoms with Crippen molar-refractivity contribution in [2.45, 2.75) is 76.3 Å². The number of allylic oxidation sites excluding steroid dienone is 1. The predicted molar refractivity (Wildman–Crippen MR) is 165 cm³/mol. The number of aliphatic hydroxyl groups is 1. The third-order valence-corrected chi connectivity index (χ3v) is 12.0. The van der Waals surface area contributed by atoms with Crippen molar-refractivity contribution in [3.05, 3.63) is 70.3 Å². The summed E-state index contributed by atoms with van der Waals surface area (Å²) in [5, 5.41) is 11.2. The molecule has 2 N–H and O–H groups in total. The van der Waals surface area contributed by atoms with Crippen LogP contribution in [0.15, 0.2) is 48.6 Å². The maximum Gasteiger partial charge on any atom is 0.264 e. The second-order valence-corrected chi connectivity index (χ2v) is 15.0. The highest BCUT2D eigenvalue weighted by Gasteiger charge is 2.44. The van der Waals surface area contributed by atoms with Crippen LogP contribution in [-0.2, 0) is 23.1 Å². The summed E-state index contributed by atoms with van der Waals surface area (Å²) in [6.07, 6.45) is 10.3. The van der Waals surface area contributed by atoms with Gasteiger partial charge in [0.2, 0.25) is 10.0 Å². The number of amides is 1. The molecule has 2 saturated carbocycles. The van der Waals surface area contributed by atoms with Gasteiger partial charge in [0.1, 0.15) is 12.4 Å². The van der Waals surface area contributed by atoms with Crippen molar-refractivity contribution in [1.82, 2.24) is 4.72 Å². The van der Waals surface area contributed by atoms with Crippen molar-refractivity contribution in [1.29, 1.82) is 0 Å². The molecule has 0 saturated heterocycles. The van der Waals surface area contributed by atoms with E-state index >= 15 is 0 Å². The fourth-order valence-corrected chi connectivity index (χ4v) is 9.26. The molecule has 6 rings (SSSR count). The summed E-state index contributed by atoms with van der Waals surface area (Å²) in [5.41, 5.74) is 3.34. The van der Waals surface area contributed by atoms with E-state index in [9.17, 15) is 18.3 Å². The average Bonchev–Trinajstić information content (AvgIpc) is 3.75. The number of aryl methyl sites for hydroxylation is 1. The zero-order chi connectivity index (χ0) is 29.4. The summed E-state index contributed by atoms with van der Waals surface area (Å²) in [7, 11) is -3.91. The lowest BCUT2D eigenvalue weighted by atomic mass is 9.70. The molecule has 4 aliphatic rings. The summed E-state index contributed by atoms with van der Waals surface area (Å²) in [4.78, 5) is 15.8. The molecule has 7 nitrogen and oxygen atoms in total. The van der Waals surface area contributed by atoms with E-state index in [2.05, 4.69) is 9.62 Å². The van der Waals surface area contributed by atoms with Gasteiger partial charge in [-0.1, -0.05) is 36.7 Å². The molecule has 0 radical (unpaired) electrons. The summed E-state index contributed by atoms with van der Waals surface area (Å²) < 4.78 is 36.0. The molecule has 226 valence electrons. The molecule has 2 aromatic carbocycles. The second-order valence-electron chi connectivity index (χ2n) is 12.7. The molecule has 2 aromatic rings. The number of aliphatic hydroxyl groups excluding tert-OH is 1. The molecule has 0 spiro atoms. The number of sulfonamides is 1. The molecule has 2 fully saturated rings. The Labute approximate surface area is 254 Å². The normalized spacial score (nSPS) is 30.8. The Morgan fingerprint density at radius 2 is 1.83 bits per heavy atom. The van der Waals surface area contributed by atoms with E-state index in [1.165, 1.54) is 5.56 Å². The van der Waals surface area contributed by atoms with Crippen LogP contribution in [0.5, 0.6) is 5.75 Å². The maximum absolute atomic E-state index is 13.6. The number of carbonyl (C=O) groups excluding carboxylic acids is 1. The molecular weight excluding hydrogens is 572 g/mol. The van der Waals surface area contributed by atoms with Gasteiger partial charge in [0.25, 0.3) is 5.91 Å². The molecule has 5 atom stereocenters. The third kappa shape index (κ3) is 6.36. The molecule has 2 aliphatic heterocycles. The van der Waals surface area contributed by atoms with Gasteiger partial charge in [-0.2, -0.15) is 0 Å². The van der Waals surface area contributed by atoms with Crippen molar-refractivity contribution in [3.63, 3.8) is 0 Å². The number of halogens is 1. The van der Waals surface area contributed by atoms with E-state index in [0.717, 1.165) is 69.3 Å². The fourth-order valence-electron chi connectivity index (χ4n) is 7.05. The molecule has 1 amide bonds. The molecule has 2 aliphatic carbocycles. The zero-order valence-electron chi connectivity index (χ0n) is 24.2. The molecule has 0 unspecified atom stereocenters. The second kappa shape index (κ2) is 12.2. The van der Waals surface area contributed by atoms with E-state index in [-0.39, 0.29) is 17.8 Å². The number of rotatable bonds is 1. The van der Waals surface area contributed by atoms with Crippen molar-refractivity contribution >= 4 is 33.2 Å².